The first-order valence-electron chi connectivity index (χ1n) is 3.87. The van der Waals surface area contributed by atoms with E-state index < -0.39 is 35.6 Å². The van der Waals surface area contributed by atoms with Crippen LogP contribution < -0.4 is 4.74 Å². The molecule has 0 saturated carbocycles. The summed E-state index contributed by atoms with van der Waals surface area (Å²) in [4.78, 5) is 2.75. The second kappa shape index (κ2) is 4.18. The molecule has 0 atom stereocenters. The van der Waals surface area contributed by atoms with Crippen LogP contribution in [-0.4, -0.2) is 12.1 Å². The van der Waals surface area contributed by atoms with E-state index in [0.29, 0.717) is 6.07 Å². The normalized spacial score (nSPS) is 12.0. The maximum Gasteiger partial charge on any atom is 0.436 e. The zero-order valence-corrected chi connectivity index (χ0v) is 7.78. The van der Waals surface area contributed by atoms with E-state index in [1.165, 1.54) is 0 Å². The van der Waals surface area contributed by atoms with Gasteiger partial charge in [-0.1, -0.05) is 0 Å². The first-order chi connectivity index (χ1) is 7.27. The summed E-state index contributed by atoms with van der Waals surface area (Å²) in [6, 6.07) is 0.426. The predicted octanol–water partition coefficient (Wildman–Crippen LogP) is 3.19. The quantitative estimate of drug-likeness (QED) is 0.746. The molecule has 0 aromatic carbocycles. The maximum absolute atomic E-state index is 13.0. The number of nitrogens with zero attached hydrogens (tertiary/aromatic N) is 1. The molecule has 0 aliphatic rings. The molecule has 8 heteroatoms. The van der Waals surface area contributed by atoms with Gasteiger partial charge in [0, 0.05) is 6.07 Å². The van der Waals surface area contributed by atoms with E-state index in [-0.39, 0.29) is 0 Å². The Bertz CT molecular complexity index is 389. The van der Waals surface area contributed by atoms with Gasteiger partial charge >= 0.3 is 6.18 Å². The Kier molecular flexibility index (Phi) is 3.30. The molecular formula is C8H5F6NO. The van der Waals surface area contributed by atoms with E-state index in [4.69, 9.17) is 0 Å². The van der Waals surface area contributed by atoms with Crippen LogP contribution in [0.4, 0.5) is 26.3 Å². The number of rotatable bonds is 2. The second-order valence-corrected chi connectivity index (χ2v) is 2.71. The number of alkyl halides is 5. The highest BCUT2D eigenvalue weighted by Gasteiger charge is 2.39. The van der Waals surface area contributed by atoms with Gasteiger partial charge < -0.3 is 4.74 Å². The van der Waals surface area contributed by atoms with Crippen molar-refractivity contribution < 1.29 is 31.1 Å². The van der Waals surface area contributed by atoms with Crippen molar-refractivity contribution in [3.63, 3.8) is 0 Å². The van der Waals surface area contributed by atoms with Gasteiger partial charge in [0.1, 0.15) is 0 Å². The average molecular weight is 245 g/mol. The lowest BCUT2D eigenvalue weighted by molar-refractivity contribution is -0.144. The predicted molar refractivity (Wildman–Crippen MR) is 40.7 cm³/mol. The minimum Gasteiger partial charge on any atom is -0.481 e. The summed E-state index contributed by atoms with van der Waals surface area (Å²) in [5.41, 5.74) is -3.40. The molecular weight excluding hydrogens is 240 g/mol. The third-order valence-electron chi connectivity index (χ3n) is 1.68. The Morgan fingerprint density at radius 2 is 1.88 bits per heavy atom. The van der Waals surface area contributed by atoms with Gasteiger partial charge in [-0.25, -0.2) is 18.2 Å². The minimum absolute atomic E-state index is 0.426. The van der Waals surface area contributed by atoms with Crippen LogP contribution in [0.5, 0.6) is 5.88 Å². The molecule has 90 valence electrons. The first kappa shape index (κ1) is 12.6. The van der Waals surface area contributed by atoms with Crippen molar-refractivity contribution in [3.05, 3.63) is 23.1 Å². The highest BCUT2D eigenvalue weighted by molar-refractivity contribution is 5.29. The molecule has 0 aliphatic carbocycles. The Hall–Kier alpha value is -1.47. The molecule has 0 radical (unpaired) electrons. The SMILES string of the molecule is COc1cc(C(F)F)c(F)c(C(F)(F)F)n1. The third kappa shape index (κ3) is 2.37. The van der Waals surface area contributed by atoms with Crippen molar-refractivity contribution in [3.8, 4) is 5.88 Å². The highest BCUT2D eigenvalue weighted by Crippen LogP contribution is 2.35. The Morgan fingerprint density at radius 3 is 2.25 bits per heavy atom. The van der Waals surface area contributed by atoms with Crippen LogP contribution in [0.3, 0.4) is 0 Å². The van der Waals surface area contributed by atoms with Crippen LogP contribution in [0.25, 0.3) is 0 Å². The van der Waals surface area contributed by atoms with E-state index in [1.54, 1.807) is 0 Å². The van der Waals surface area contributed by atoms with Gasteiger partial charge in [0.25, 0.3) is 6.43 Å². The summed E-state index contributed by atoms with van der Waals surface area (Å²) in [7, 11) is 0.940. The topological polar surface area (TPSA) is 22.1 Å². The molecule has 1 aromatic heterocycles. The number of ether oxygens (including phenoxy) is 1. The lowest BCUT2D eigenvalue weighted by Gasteiger charge is -2.11. The summed E-state index contributed by atoms with van der Waals surface area (Å²) in [6.07, 6.45) is -8.53. The highest BCUT2D eigenvalue weighted by atomic mass is 19.4. The van der Waals surface area contributed by atoms with Crippen molar-refractivity contribution in [2.45, 2.75) is 12.6 Å². The number of hydrogen-bond donors (Lipinski definition) is 0. The third-order valence-corrected chi connectivity index (χ3v) is 1.68. The van der Waals surface area contributed by atoms with Crippen molar-refractivity contribution >= 4 is 0 Å². The number of pyridine rings is 1. The van der Waals surface area contributed by atoms with Crippen LogP contribution >= 0.6 is 0 Å². The van der Waals surface area contributed by atoms with Crippen LogP contribution in [0, 0.1) is 5.82 Å². The fourth-order valence-corrected chi connectivity index (χ4v) is 0.976. The molecule has 0 amide bonds. The molecule has 0 spiro atoms. The molecule has 0 saturated heterocycles. The van der Waals surface area contributed by atoms with Gasteiger partial charge in [-0.2, -0.15) is 13.2 Å². The molecule has 0 bridgehead atoms. The molecule has 1 rings (SSSR count). The summed E-state index contributed by atoms with van der Waals surface area (Å²) in [5, 5.41) is 0. The summed E-state index contributed by atoms with van der Waals surface area (Å²) < 4.78 is 78.4. The second-order valence-electron chi connectivity index (χ2n) is 2.71. The van der Waals surface area contributed by atoms with Crippen molar-refractivity contribution in [2.75, 3.05) is 7.11 Å². The Labute approximate surface area is 85.9 Å². The number of aromatic nitrogens is 1. The van der Waals surface area contributed by atoms with Crippen LogP contribution in [0.1, 0.15) is 17.7 Å². The molecule has 16 heavy (non-hydrogen) atoms. The maximum atomic E-state index is 13.0. The smallest absolute Gasteiger partial charge is 0.436 e. The molecule has 1 aromatic rings. The van der Waals surface area contributed by atoms with E-state index >= 15 is 0 Å². The average Bonchev–Trinajstić information content (AvgIpc) is 2.15. The lowest BCUT2D eigenvalue weighted by Crippen LogP contribution is -2.14. The lowest BCUT2D eigenvalue weighted by atomic mass is 10.2. The van der Waals surface area contributed by atoms with E-state index in [9.17, 15) is 26.3 Å². The molecule has 1 heterocycles. The van der Waals surface area contributed by atoms with Gasteiger partial charge in [0.2, 0.25) is 5.88 Å². The van der Waals surface area contributed by atoms with Crippen molar-refractivity contribution in [1.29, 1.82) is 0 Å². The number of halogens is 6. The fraction of sp³-hybridized carbons (Fsp3) is 0.375. The fourth-order valence-electron chi connectivity index (χ4n) is 0.976. The number of hydrogen-bond acceptors (Lipinski definition) is 2. The van der Waals surface area contributed by atoms with Crippen molar-refractivity contribution in [2.24, 2.45) is 0 Å². The van der Waals surface area contributed by atoms with Gasteiger partial charge in [-0.05, 0) is 0 Å². The largest absolute Gasteiger partial charge is 0.481 e. The zero-order chi connectivity index (χ0) is 12.5. The van der Waals surface area contributed by atoms with Gasteiger partial charge in [-0.3, -0.25) is 0 Å². The van der Waals surface area contributed by atoms with Gasteiger partial charge in [0.05, 0.1) is 12.7 Å². The zero-order valence-electron chi connectivity index (χ0n) is 7.78. The van der Waals surface area contributed by atoms with E-state index in [0.717, 1.165) is 7.11 Å². The Balaban J connectivity index is 3.44. The van der Waals surface area contributed by atoms with E-state index in [2.05, 4.69) is 9.72 Å². The van der Waals surface area contributed by atoms with E-state index in [1.807, 2.05) is 0 Å². The first-order valence-corrected chi connectivity index (χ1v) is 3.87. The Morgan fingerprint density at radius 1 is 1.31 bits per heavy atom. The van der Waals surface area contributed by atoms with Crippen LogP contribution in [0.15, 0.2) is 6.07 Å². The molecule has 0 aliphatic heterocycles. The molecule has 0 N–H and O–H groups in total. The molecule has 2 nitrogen and oxygen atoms in total. The minimum atomic E-state index is -5.15. The van der Waals surface area contributed by atoms with Crippen LogP contribution in [0.2, 0.25) is 0 Å². The molecule has 0 unspecified atom stereocenters. The standard InChI is InChI=1S/C8H5F6NO/c1-16-4-2-3(7(10)11)5(9)6(15-4)8(12,13)14/h2,7H,1H3. The van der Waals surface area contributed by atoms with Crippen molar-refractivity contribution in [1.82, 2.24) is 4.98 Å². The van der Waals surface area contributed by atoms with Gasteiger partial charge in [0.15, 0.2) is 11.5 Å². The molecule has 0 fully saturated rings. The summed E-state index contributed by atoms with van der Waals surface area (Å²) in [6.45, 7) is 0. The monoisotopic (exact) mass is 245 g/mol. The van der Waals surface area contributed by atoms with Gasteiger partial charge in [-0.15, -0.1) is 0 Å². The van der Waals surface area contributed by atoms with Crippen LogP contribution in [-0.2, 0) is 6.18 Å². The summed E-state index contributed by atoms with van der Waals surface area (Å²) >= 11 is 0. The summed E-state index contributed by atoms with van der Waals surface area (Å²) in [5.74, 6) is -2.80. The number of methoxy groups -OCH3 is 1.